The number of carbonyl (C=O) groups is 2. The first-order valence-corrected chi connectivity index (χ1v) is 9.81. The Morgan fingerprint density at radius 2 is 1.68 bits per heavy atom. The van der Waals surface area contributed by atoms with Gasteiger partial charge in [-0.05, 0) is 36.4 Å². The van der Waals surface area contributed by atoms with E-state index in [4.69, 9.17) is 18.9 Å². The molecule has 0 saturated heterocycles. The van der Waals surface area contributed by atoms with Gasteiger partial charge in [0.2, 0.25) is 5.75 Å². The molecule has 0 spiro atoms. The number of hydrogen-bond acceptors (Lipinski definition) is 8. The first kappa shape index (κ1) is 22.0. The van der Waals surface area contributed by atoms with Gasteiger partial charge in [0, 0.05) is 10.9 Å². The van der Waals surface area contributed by atoms with Crippen molar-refractivity contribution in [3.8, 4) is 28.5 Å². The smallest absolute Gasteiger partial charge is 0.338 e. The highest BCUT2D eigenvalue weighted by Gasteiger charge is 2.19. The molecule has 2 aromatic carbocycles. The predicted molar refractivity (Wildman–Crippen MR) is 113 cm³/mol. The Bertz CT molecular complexity index is 1060. The third-order valence-electron chi connectivity index (χ3n) is 4.13. The Hall–Kier alpha value is -3.66. The molecule has 3 aromatic rings. The molecule has 0 unspecified atom stereocenters. The van der Waals surface area contributed by atoms with Crippen LogP contribution in [0.4, 0.5) is 9.52 Å². The molecule has 0 aliphatic carbocycles. The number of halogens is 1. The van der Waals surface area contributed by atoms with Crippen molar-refractivity contribution in [2.45, 2.75) is 0 Å². The van der Waals surface area contributed by atoms with E-state index >= 15 is 0 Å². The van der Waals surface area contributed by atoms with Crippen LogP contribution in [0, 0.1) is 5.82 Å². The van der Waals surface area contributed by atoms with Gasteiger partial charge in [0.05, 0.1) is 32.6 Å². The average Bonchev–Trinajstić information content (AvgIpc) is 3.25. The highest BCUT2D eigenvalue weighted by molar-refractivity contribution is 7.14. The molecule has 0 fully saturated rings. The first-order chi connectivity index (χ1) is 14.9. The summed E-state index contributed by atoms with van der Waals surface area (Å²) in [4.78, 5) is 28.8. The van der Waals surface area contributed by atoms with Gasteiger partial charge in [-0.3, -0.25) is 10.1 Å². The Kier molecular flexibility index (Phi) is 7.03. The molecule has 1 amide bonds. The number of nitrogens with one attached hydrogen (secondary N) is 1. The van der Waals surface area contributed by atoms with Crippen LogP contribution in [0.25, 0.3) is 11.3 Å². The fraction of sp³-hybridized carbons (Fsp3) is 0.190. The van der Waals surface area contributed by atoms with Crippen molar-refractivity contribution in [3.05, 3.63) is 53.2 Å². The Morgan fingerprint density at radius 3 is 2.26 bits per heavy atom. The number of rotatable bonds is 8. The summed E-state index contributed by atoms with van der Waals surface area (Å²) >= 11 is 1.20. The molecule has 0 saturated carbocycles. The van der Waals surface area contributed by atoms with Gasteiger partial charge in [0.15, 0.2) is 23.2 Å². The van der Waals surface area contributed by atoms with Crippen molar-refractivity contribution in [1.82, 2.24) is 4.98 Å². The zero-order valence-corrected chi connectivity index (χ0v) is 17.7. The van der Waals surface area contributed by atoms with E-state index in [1.807, 2.05) is 0 Å². The molecule has 10 heteroatoms. The van der Waals surface area contributed by atoms with Crippen LogP contribution in [0.15, 0.2) is 41.8 Å². The lowest BCUT2D eigenvalue weighted by Crippen LogP contribution is -2.21. The van der Waals surface area contributed by atoms with Crippen molar-refractivity contribution in [2.24, 2.45) is 0 Å². The molecule has 3 rings (SSSR count). The van der Waals surface area contributed by atoms with Crippen molar-refractivity contribution >= 4 is 28.3 Å². The Labute approximate surface area is 181 Å². The zero-order valence-electron chi connectivity index (χ0n) is 16.9. The molecule has 31 heavy (non-hydrogen) atoms. The Balaban J connectivity index is 1.61. The van der Waals surface area contributed by atoms with Crippen molar-refractivity contribution in [3.63, 3.8) is 0 Å². The van der Waals surface area contributed by atoms with Crippen molar-refractivity contribution in [1.29, 1.82) is 0 Å². The molecule has 1 aromatic heterocycles. The van der Waals surface area contributed by atoms with Gasteiger partial charge in [0.1, 0.15) is 5.82 Å². The lowest BCUT2D eigenvalue weighted by Gasteiger charge is -2.13. The highest BCUT2D eigenvalue weighted by Crippen LogP contribution is 2.38. The van der Waals surface area contributed by atoms with E-state index in [2.05, 4.69) is 10.3 Å². The van der Waals surface area contributed by atoms with Gasteiger partial charge in [-0.15, -0.1) is 11.3 Å². The summed E-state index contributed by atoms with van der Waals surface area (Å²) in [6, 6.07) is 8.70. The normalized spacial score (nSPS) is 10.3. The highest BCUT2D eigenvalue weighted by atomic mass is 32.1. The van der Waals surface area contributed by atoms with Crippen LogP contribution in [-0.2, 0) is 9.53 Å². The number of benzene rings is 2. The third kappa shape index (κ3) is 5.28. The van der Waals surface area contributed by atoms with E-state index < -0.39 is 18.5 Å². The summed E-state index contributed by atoms with van der Waals surface area (Å²) in [5, 5.41) is 4.62. The molecule has 162 valence electrons. The number of methoxy groups -OCH3 is 3. The molecule has 0 atom stereocenters. The number of nitrogens with zero attached hydrogens (tertiary/aromatic N) is 1. The zero-order chi connectivity index (χ0) is 22.4. The van der Waals surface area contributed by atoms with Crippen molar-refractivity contribution < 1.29 is 32.9 Å². The fourth-order valence-corrected chi connectivity index (χ4v) is 3.39. The van der Waals surface area contributed by atoms with Gasteiger partial charge in [-0.25, -0.2) is 14.2 Å². The topological polar surface area (TPSA) is 96.0 Å². The monoisotopic (exact) mass is 446 g/mol. The average molecular weight is 446 g/mol. The van der Waals surface area contributed by atoms with Gasteiger partial charge >= 0.3 is 5.97 Å². The maximum Gasteiger partial charge on any atom is 0.338 e. The van der Waals surface area contributed by atoms with Gasteiger partial charge in [0.25, 0.3) is 5.91 Å². The second kappa shape index (κ2) is 9.90. The minimum atomic E-state index is -0.736. The quantitative estimate of drug-likeness (QED) is 0.526. The molecule has 1 heterocycles. The number of aromatic nitrogens is 1. The molecule has 0 aliphatic rings. The van der Waals surface area contributed by atoms with Gasteiger partial charge in [-0.2, -0.15) is 0 Å². The second-order valence-electron chi connectivity index (χ2n) is 6.08. The van der Waals surface area contributed by atoms with Gasteiger partial charge < -0.3 is 18.9 Å². The van der Waals surface area contributed by atoms with E-state index in [1.54, 1.807) is 17.5 Å². The molecular formula is C21H19FN2O6S. The van der Waals surface area contributed by atoms with Crippen LogP contribution in [0.3, 0.4) is 0 Å². The van der Waals surface area contributed by atoms with E-state index in [9.17, 15) is 14.0 Å². The molecule has 1 N–H and O–H groups in total. The molecular weight excluding hydrogens is 427 g/mol. The van der Waals surface area contributed by atoms with Crippen molar-refractivity contribution in [2.75, 3.05) is 33.3 Å². The summed E-state index contributed by atoms with van der Waals surface area (Å²) in [5.41, 5.74) is 1.44. The van der Waals surface area contributed by atoms with Crippen LogP contribution in [0.5, 0.6) is 17.2 Å². The minimum absolute atomic E-state index is 0.134. The Morgan fingerprint density at radius 1 is 1.03 bits per heavy atom. The summed E-state index contributed by atoms with van der Waals surface area (Å²) in [6.07, 6.45) is 0. The summed E-state index contributed by atoms with van der Waals surface area (Å²) < 4.78 is 33.7. The first-order valence-electron chi connectivity index (χ1n) is 8.93. The summed E-state index contributed by atoms with van der Waals surface area (Å²) in [7, 11) is 4.30. The largest absolute Gasteiger partial charge is 0.493 e. The summed E-state index contributed by atoms with van der Waals surface area (Å²) in [6.45, 7) is -0.513. The SMILES string of the molecule is COc1cc(C(=O)OCC(=O)Nc2nc(-c3ccc(F)cc3)cs2)cc(OC)c1OC. The number of thiazole rings is 1. The fourth-order valence-electron chi connectivity index (χ4n) is 2.65. The number of ether oxygens (including phenoxy) is 4. The molecule has 0 bridgehead atoms. The molecule has 8 nitrogen and oxygen atoms in total. The van der Waals surface area contributed by atoms with Crippen LogP contribution in [0.1, 0.15) is 10.4 Å². The lowest BCUT2D eigenvalue weighted by atomic mass is 10.2. The van der Waals surface area contributed by atoms with Crippen LogP contribution >= 0.6 is 11.3 Å². The second-order valence-corrected chi connectivity index (χ2v) is 6.94. The number of esters is 1. The van der Waals surface area contributed by atoms with E-state index in [1.165, 1.54) is 56.9 Å². The van der Waals surface area contributed by atoms with E-state index in [-0.39, 0.29) is 22.9 Å². The van der Waals surface area contributed by atoms with E-state index in [0.29, 0.717) is 22.1 Å². The van der Waals surface area contributed by atoms with Crippen LogP contribution in [0.2, 0.25) is 0 Å². The lowest BCUT2D eigenvalue weighted by molar-refractivity contribution is -0.119. The third-order valence-corrected chi connectivity index (χ3v) is 4.88. The van der Waals surface area contributed by atoms with Crippen LogP contribution in [-0.4, -0.2) is 44.8 Å². The number of amides is 1. The van der Waals surface area contributed by atoms with Crippen LogP contribution < -0.4 is 19.5 Å². The number of hydrogen-bond donors (Lipinski definition) is 1. The van der Waals surface area contributed by atoms with E-state index in [0.717, 1.165) is 0 Å². The number of anilines is 1. The molecule has 0 aliphatic heterocycles. The predicted octanol–water partition coefficient (Wildman–Crippen LogP) is 3.77. The summed E-state index contributed by atoms with van der Waals surface area (Å²) in [5.74, 6) is -0.730. The minimum Gasteiger partial charge on any atom is -0.493 e. The standard InChI is InChI=1S/C21H19FN2O6S/c1-27-16-8-13(9-17(28-2)19(16)29-3)20(26)30-10-18(25)24-21-23-15(11-31-21)12-4-6-14(22)7-5-12/h4-9,11H,10H2,1-3H3,(H,23,24,25). The number of carbonyl (C=O) groups excluding carboxylic acids is 2. The maximum absolute atomic E-state index is 13.0. The molecule has 0 radical (unpaired) electrons. The van der Waals surface area contributed by atoms with Gasteiger partial charge in [-0.1, -0.05) is 0 Å². The maximum atomic E-state index is 13.0.